The SMILES string of the molecule is CC1CN2CCCCC2CN1Cc1noc(CN)n1. The van der Waals surface area contributed by atoms with Crippen molar-refractivity contribution in [3.8, 4) is 0 Å². The summed E-state index contributed by atoms with van der Waals surface area (Å²) in [6, 6.07) is 1.26. The minimum absolute atomic E-state index is 0.318. The molecule has 0 radical (unpaired) electrons. The Morgan fingerprint density at radius 3 is 3.05 bits per heavy atom. The van der Waals surface area contributed by atoms with Crippen LogP contribution < -0.4 is 5.73 Å². The summed E-state index contributed by atoms with van der Waals surface area (Å²) >= 11 is 0. The molecule has 3 rings (SSSR count). The van der Waals surface area contributed by atoms with Crippen LogP contribution in [0.5, 0.6) is 0 Å². The number of piperidine rings is 1. The maximum atomic E-state index is 5.49. The molecule has 3 heterocycles. The molecule has 0 bridgehead atoms. The van der Waals surface area contributed by atoms with Gasteiger partial charge in [-0.15, -0.1) is 0 Å². The van der Waals surface area contributed by atoms with E-state index < -0.39 is 0 Å². The summed E-state index contributed by atoms with van der Waals surface area (Å²) in [5.41, 5.74) is 5.49. The molecular weight excluding hydrogens is 242 g/mol. The average molecular weight is 265 g/mol. The van der Waals surface area contributed by atoms with Crippen LogP contribution in [0.4, 0.5) is 0 Å². The highest BCUT2D eigenvalue weighted by molar-refractivity contribution is 4.93. The van der Waals surface area contributed by atoms with Gasteiger partial charge in [0.05, 0.1) is 13.1 Å². The molecule has 0 aromatic carbocycles. The van der Waals surface area contributed by atoms with E-state index >= 15 is 0 Å². The highest BCUT2D eigenvalue weighted by atomic mass is 16.5. The van der Waals surface area contributed by atoms with Gasteiger partial charge in [0.15, 0.2) is 5.82 Å². The Morgan fingerprint density at radius 1 is 1.37 bits per heavy atom. The molecule has 2 aliphatic heterocycles. The summed E-state index contributed by atoms with van der Waals surface area (Å²) < 4.78 is 5.07. The topological polar surface area (TPSA) is 71.4 Å². The van der Waals surface area contributed by atoms with Crippen LogP contribution >= 0.6 is 0 Å². The van der Waals surface area contributed by atoms with Crippen LogP contribution in [0.1, 0.15) is 37.9 Å². The highest BCUT2D eigenvalue weighted by Crippen LogP contribution is 2.24. The lowest BCUT2D eigenvalue weighted by atomic mass is 9.97. The third-order valence-electron chi connectivity index (χ3n) is 4.35. The quantitative estimate of drug-likeness (QED) is 0.862. The molecule has 2 atom stereocenters. The summed E-state index contributed by atoms with van der Waals surface area (Å²) in [7, 11) is 0. The third-order valence-corrected chi connectivity index (χ3v) is 4.35. The Labute approximate surface area is 113 Å². The van der Waals surface area contributed by atoms with Gasteiger partial charge in [-0.25, -0.2) is 0 Å². The van der Waals surface area contributed by atoms with Gasteiger partial charge in [0.1, 0.15) is 0 Å². The Morgan fingerprint density at radius 2 is 2.26 bits per heavy atom. The molecule has 2 saturated heterocycles. The standard InChI is InChI=1S/C13H23N5O/c1-10-7-17-5-3-2-4-11(17)8-18(10)9-12-15-13(6-14)19-16-12/h10-11H,2-9,14H2,1H3. The summed E-state index contributed by atoms with van der Waals surface area (Å²) in [5, 5.41) is 4.00. The van der Waals surface area contributed by atoms with E-state index in [1.807, 2.05) is 0 Å². The minimum atomic E-state index is 0.318. The Kier molecular flexibility index (Phi) is 3.81. The average Bonchev–Trinajstić information content (AvgIpc) is 2.87. The number of hydrogen-bond donors (Lipinski definition) is 1. The second-order valence-corrected chi connectivity index (χ2v) is 5.73. The first-order chi connectivity index (χ1) is 9.26. The zero-order valence-corrected chi connectivity index (χ0v) is 11.6. The predicted molar refractivity (Wildman–Crippen MR) is 71.3 cm³/mol. The number of nitrogens with zero attached hydrogens (tertiary/aromatic N) is 4. The second-order valence-electron chi connectivity index (χ2n) is 5.73. The van der Waals surface area contributed by atoms with Crippen molar-refractivity contribution in [2.75, 3.05) is 19.6 Å². The van der Waals surface area contributed by atoms with Crippen molar-refractivity contribution in [3.63, 3.8) is 0 Å². The molecule has 1 aromatic rings. The van der Waals surface area contributed by atoms with E-state index in [2.05, 4.69) is 26.9 Å². The normalized spacial score (nSPS) is 29.4. The van der Waals surface area contributed by atoms with Crippen molar-refractivity contribution in [2.45, 2.75) is 51.4 Å². The zero-order valence-electron chi connectivity index (χ0n) is 11.6. The van der Waals surface area contributed by atoms with Crippen LogP contribution in [0.15, 0.2) is 4.52 Å². The molecular formula is C13H23N5O. The van der Waals surface area contributed by atoms with Gasteiger partial charge in [0.25, 0.3) is 0 Å². The number of fused-ring (bicyclic) bond motifs is 1. The first kappa shape index (κ1) is 13.0. The maximum absolute atomic E-state index is 5.49. The van der Waals surface area contributed by atoms with E-state index in [0.717, 1.165) is 25.5 Å². The van der Waals surface area contributed by atoms with Gasteiger partial charge in [0, 0.05) is 25.2 Å². The summed E-state index contributed by atoms with van der Waals surface area (Å²) in [5.74, 6) is 1.29. The van der Waals surface area contributed by atoms with Crippen LogP contribution in [0, 0.1) is 0 Å². The Balaban J connectivity index is 1.63. The Bertz CT molecular complexity index is 421. The lowest BCUT2D eigenvalue weighted by Crippen LogP contribution is -2.58. The molecule has 1 aromatic heterocycles. The minimum Gasteiger partial charge on any atom is -0.338 e. The van der Waals surface area contributed by atoms with Crippen LogP contribution in [0.3, 0.4) is 0 Å². The fourth-order valence-corrected chi connectivity index (χ4v) is 3.25. The van der Waals surface area contributed by atoms with Crippen LogP contribution in [0.25, 0.3) is 0 Å². The van der Waals surface area contributed by atoms with Gasteiger partial charge in [-0.3, -0.25) is 9.80 Å². The number of piperazine rings is 1. The molecule has 2 unspecified atom stereocenters. The molecule has 6 heteroatoms. The largest absolute Gasteiger partial charge is 0.338 e. The zero-order chi connectivity index (χ0) is 13.2. The van der Waals surface area contributed by atoms with Gasteiger partial charge in [-0.05, 0) is 26.3 Å². The molecule has 2 fully saturated rings. The Hall–Kier alpha value is -0.980. The summed E-state index contributed by atoms with van der Waals surface area (Å²) in [6.07, 6.45) is 4.04. The van der Waals surface area contributed by atoms with E-state index in [4.69, 9.17) is 10.3 Å². The van der Waals surface area contributed by atoms with Crippen molar-refractivity contribution in [1.29, 1.82) is 0 Å². The molecule has 2 N–H and O–H groups in total. The number of nitrogens with two attached hydrogens (primary N) is 1. The highest BCUT2D eigenvalue weighted by Gasteiger charge is 2.33. The van der Waals surface area contributed by atoms with Gasteiger partial charge < -0.3 is 10.3 Å². The van der Waals surface area contributed by atoms with Gasteiger partial charge >= 0.3 is 0 Å². The molecule has 0 aliphatic carbocycles. The van der Waals surface area contributed by atoms with Gasteiger partial charge in [0.2, 0.25) is 5.89 Å². The fourth-order valence-electron chi connectivity index (χ4n) is 3.25. The smallest absolute Gasteiger partial charge is 0.240 e. The molecule has 106 valence electrons. The van der Waals surface area contributed by atoms with Crippen molar-refractivity contribution < 1.29 is 4.52 Å². The van der Waals surface area contributed by atoms with Crippen LogP contribution in [-0.2, 0) is 13.1 Å². The molecule has 19 heavy (non-hydrogen) atoms. The molecule has 0 amide bonds. The van der Waals surface area contributed by atoms with Crippen molar-refractivity contribution in [3.05, 3.63) is 11.7 Å². The van der Waals surface area contributed by atoms with Crippen LogP contribution in [0.2, 0.25) is 0 Å². The van der Waals surface area contributed by atoms with E-state index in [9.17, 15) is 0 Å². The summed E-state index contributed by atoms with van der Waals surface area (Å²) in [4.78, 5) is 9.42. The molecule has 6 nitrogen and oxygen atoms in total. The third kappa shape index (κ3) is 2.80. The van der Waals surface area contributed by atoms with E-state index in [1.165, 1.54) is 25.8 Å². The van der Waals surface area contributed by atoms with Crippen molar-refractivity contribution in [2.24, 2.45) is 5.73 Å². The first-order valence-corrected chi connectivity index (χ1v) is 7.26. The second kappa shape index (κ2) is 5.56. The fraction of sp³-hybridized carbons (Fsp3) is 0.846. The predicted octanol–water partition coefficient (Wildman–Crippen LogP) is 0.587. The van der Waals surface area contributed by atoms with E-state index in [-0.39, 0.29) is 0 Å². The van der Waals surface area contributed by atoms with Crippen molar-refractivity contribution >= 4 is 0 Å². The number of rotatable bonds is 3. The van der Waals surface area contributed by atoms with E-state index in [1.54, 1.807) is 0 Å². The van der Waals surface area contributed by atoms with Crippen LogP contribution in [-0.4, -0.2) is 51.7 Å². The van der Waals surface area contributed by atoms with E-state index in [0.29, 0.717) is 24.5 Å². The van der Waals surface area contributed by atoms with Gasteiger partial charge in [-0.1, -0.05) is 11.6 Å². The van der Waals surface area contributed by atoms with Gasteiger partial charge in [-0.2, -0.15) is 4.98 Å². The number of aromatic nitrogens is 2. The number of hydrogen-bond acceptors (Lipinski definition) is 6. The first-order valence-electron chi connectivity index (χ1n) is 7.26. The molecule has 2 aliphatic rings. The maximum Gasteiger partial charge on any atom is 0.240 e. The lowest BCUT2D eigenvalue weighted by molar-refractivity contribution is 0.00955. The summed E-state index contributed by atoms with van der Waals surface area (Å²) in [6.45, 7) is 6.92. The van der Waals surface area contributed by atoms with Crippen molar-refractivity contribution in [1.82, 2.24) is 19.9 Å². The molecule has 0 saturated carbocycles. The molecule has 0 spiro atoms. The monoisotopic (exact) mass is 265 g/mol. The lowest BCUT2D eigenvalue weighted by Gasteiger charge is -2.47.